The molecule has 0 fully saturated rings. The van der Waals surface area contributed by atoms with Gasteiger partial charge in [0.25, 0.3) is 11.6 Å². The summed E-state index contributed by atoms with van der Waals surface area (Å²) in [4.78, 5) is 22.3. The molecule has 0 aromatic heterocycles. The number of nitro groups is 1. The predicted molar refractivity (Wildman–Crippen MR) is 69.7 cm³/mol. The fraction of sp³-hybridized carbons (Fsp3) is 0.462. The number of rotatable bonds is 5. The molecule has 1 atom stereocenters. The van der Waals surface area contributed by atoms with E-state index in [1.807, 2.05) is 13.8 Å². The Kier molecular flexibility index (Phi) is 4.83. The van der Waals surface area contributed by atoms with Crippen molar-refractivity contribution in [1.29, 1.82) is 0 Å². The van der Waals surface area contributed by atoms with Crippen molar-refractivity contribution in [3.8, 4) is 0 Å². The zero-order chi connectivity index (χ0) is 13.7. The summed E-state index contributed by atoms with van der Waals surface area (Å²) in [7, 11) is 0. The maximum Gasteiger partial charge on any atom is 0.273 e. The lowest BCUT2D eigenvalue weighted by atomic mass is 10.1. The minimum absolute atomic E-state index is 0.0224. The Morgan fingerprint density at radius 3 is 2.72 bits per heavy atom. The number of carbonyl (C=O) groups excluding carboxylic acids is 1. The van der Waals surface area contributed by atoms with E-state index in [2.05, 4.69) is 5.32 Å². The minimum atomic E-state index is -0.471. The third-order valence-corrected chi connectivity index (χ3v) is 2.85. The number of hydrogen-bond donors (Lipinski definition) is 1. The van der Waals surface area contributed by atoms with Gasteiger partial charge in [0.2, 0.25) is 0 Å². The van der Waals surface area contributed by atoms with Gasteiger partial charge < -0.3 is 5.32 Å². The Morgan fingerprint density at radius 1 is 1.50 bits per heavy atom. The van der Waals surface area contributed by atoms with E-state index < -0.39 is 4.92 Å². The summed E-state index contributed by atoms with van der Waals surface area (Å²) in [6.45, 7) is 5.56. The van der Waals surface area contributed by atoms with Crippen molar-refractivity contribution in [2.45, 2.75) is 39.7 Å². The van der Waals surface area contributed by atoms with Crippen molar-refractivity contribution in [3.63, 3.8) is 0 Å². The van der Waals surface area contributed by atoms with Crippen LogP contribution < -0.4 is 5.32 Å². The van der Waals surface area contributed by atoms with Crippen molar-refractivity contribution in [2.24, 2.45) is 0 Å². The lowest BCUT2D eigenvalue weighted by molar-refractivity contribution is -0.385. The second-order valence-electron chi connectivity index (χ2n) is 4.37. The molecule has 1 aromatic rings. The molecular weight excluding hydrogens is 232 g/mol. The quantitative estimate of drug-likeness (QED) is 0.645. The van der Waals surface area contributed by atoms with Gasteiger partial charge in [-0.1, -0.05) is 19.4 Å². The first kappa shape index (κ1) is 14.2. The van der Waals surface area contributed by atoms with E-state index in [-0.39, 0.29) is 17.6 Å². The molecule has 0 aliphatic rings. The maximum atomic E-state index is 12.0. The molecule has 1 aromatic carbocycles. The molecule has 0 bridgehead atoms. The fourth-order valence-corrected chi connectivity index (χ4v) is 1.87. The summed E-state index contributed by atoms with van der Waals surface area (Å²) in [6, 6.07) is 4.61. The van der Waals surface area contributed by atoms with Crippen LogP contribution in [-0.2, 0) is 0 Å². The average Bonchev–Trinajstić information content (AvgIpc) is 2.28. The molecule has 1 amide bonds. The van der Waals surface area contributed by atoms with E-state index in [4.69, 9.17) is 0 Å². The fourth-order valence-electron chi connectivity index (χ4n) is 1.87. The summed E-state index contributed by atoms with van der Waals surface area (Å²) in [5.74, 6) is -0.253. The van der Waals surface area contributed by atoms with Gasteiger partial charge in [0.1, 0.15) is 0 Å². The van der Waals surface area contributed by atoms with E-state index in [9.17, 15) is 14.9 Å². The first-order valence-electron chi connectivity index (χ1n) is 6.02. The standard InChI is InChI=1S/C13H18N2O3/c1-4-6-9(2)14-13(16)11-7-5-8-12(10(11)3)15(17)18/h5,7-9H,4,6H2,1-3H3,(H,14,16). The molecule has 5 heteroatoms. The Morgan fingerprint density at radius 2 is 2.17 bits per heavy atom. The number of nitrogens with zero attached hydrogens (tertiary/aromatic N) is 1. The number of carbonyl (C=O) groups is 1. The molecule has 1 N–H and O–H groups in total. The normalized spacial score (nSPS) is 11.9. The summed E-state index contributed by atoms with van der Waals surface area (Å²) < 4.78 is 0. The van der Waals surface area contributed by atoms with E-state index >= 15 is 0 Å². The van der Waals surface area contributed by atoms with E-state index in [0.29, 0.717) is 11.1 Å². The topological polar surface area (TPSA) is 72.2 Å². The Bertz CT molecular complexity index is 458. The van der Waals surface area contributed by atoms with Gasteiger partial charge in [-0.15, -0.1) is 0 Å². The van der Waals surface area contributed by atoms with Crippen molar-refractivity contribution in [1.82, 2.24) is 5.32 Å². The first-order chi connectivity index (χ1) is 8.47. The molecule has 0 saturated carbocycles. The van der Waals surface area contributed by atoms with Gasteiger partial charge >= 0.3 is 0 Å². The predicted octanol–water partition coefficient (Wildman–Crippen LogP) is 2.82. The lowest BCUT2D eigenvalue weighted by Gasteiger charge is -2.13. The largest absolute Gasteiger partial charge is 0.350 e. The highest BCUT2D eigenvalue weighted by molar-refractivity contribution is 5.96. The van der Waals surface area contributed by atoms with Crippen LogP contribution >= 0.6 is 0 Å². The number of benzene rings is 1. The van der Waals surface area contributed by atoms with Gasteiger partial charge in [-0.2, -0.15) is 0 Å². The maximum absolute atomic E-state index is 12.0. The van der Waals surface area contributed by atoms with Crippen LogP contribution in [-0.4, -0.2) is 16.9 Å². The van der Waals surface area contributed by atoms with Crippen LogP contribution in [0.3, 0.4) is 0 Å². The molecule has 0 aliphatic carbocycles. The number of nitrogens with one attached hydrogen (secondary N) is 1. The Hall–Kier alpha value is -1.91. The van der Waals surface area contributed by atoms with Crippen LogP contribution in [0.4, 0.5) is 5.69 Å². The van der Waals surface area contributed by atoms with Gasteiger partial charge in [0, 0.05) is 23.2 Å². The van der Waals surface area contributed by atoms with Gasteiger partial charge in [0.15, 0.2) is 0 Å². The Labute approximate surface area is 106 Å². The number of hydrogen-bond acceptors (Lipinski definition) is 3. The van der Waals surface area contributed by atoms with E-state index in [1.54, 1.807) is 13.0 Å². The smallest absolute Gasteiger partial charge is 0.273 e. The number of nitro benzene ring substituents is 1. The van der Waals surface area contributed by atoms with Crippen LogP contribution in [0, 0.1) is 17.0 Å². The van der Waals surface area contributed by atoms with Crippen LogP contribution in [0.25, 0.3) is 0 Å². The molecule has 0 aliphatic heterocycles. The minimum Gasteiger partial charge on any atom is -0.350 e. The molecule has 0 heterocycles. The molecule has 0 saturated heterocycles. The molecule has 0 spiro atoms. The summed E-state index contributed by atoms with van der Waals surface area (Å²) in [5.41, 5.74) is 0.752. The molecule has 5 nitrogen and oxygen atoms in total. The van der Waals surface area contributed by atoms with Crippen molar-refractivity contribution in [3.05, 3.63) is 39.4 Å². The lowest BCUT2D eigenvalue weighted by Crippen LogP contribution is -2.32. The van der Waals surface area contributed by atoms with Gasteiger partial charge in [-0.25, -0.2) is 0 Å². The summed E-state index contributed by atoms with van der Waals surface area (Å²) >= 11 is 0. The van der Waals surface area contributed by atoms with Gasteiger partial charge in [0.05, 0.1) is 4.92 Å². The zero-order valence-electron chi connectivity index (χ0n) is 10.9. The second-order valence-corrected chi connectivity index (χ2v) is 4.37. The molecule has 0 radical (unpaired) electrons. The van der Waals surface area contributed by atoms with Crippen LogP contribution in [0.2, 0.25) is 0 Å². The third kappa shape index (κ3) is 3.29. The summed E-state index contributed by atoms with van der Waals surface area (Å²) in [6.07, 6.45) is 1.87. The summed E-state index contributed by atoms with van der Waals surface area (Å²) in [5, 5.41) is 13.6. The van der Waals surface area contributed by atoms with Crippen LogP contribution in [0.15, 0.2) is 18.2 Å². The highest BCUT2D eigenvalue weighted by Gasteiger charge is 2.18. The SMILES string of the molecule is CCCC(C)NC(=O)c1cccc([N+](=O)[O-])c1C. The highest BCUT2D eigenvalue weighted by atomic mass is 16.6. The van der Waals surface area contributed by atoms with E-state index in [1.165, 1.54) is 12.1 Å². The third-order valence-electron chi connectivity index (χ3n) is 2.85. The Balaban J connectivity index is 2.93. The van der Waals surface area contributed by atoms with Crippen molar-refractivity contribution >= 4 is 11.6 Å². The van der Waals surface area contributed by atoms with Crippen molar-refractivity contribution < 1.29 is 9.72 Å². The highest BCUT2D eigenvalue weighted by Crippen LogP contribution is 2.21. The van der Waals surface area contributed by atoms with E-state index in [0.717, 1.165) is 12.8 Å². The van der Waals surface area contributed by atoms with Gasteiger partial charge in [-0.05, 0) is 26.3 Å². The molecule has 98 valence electrons. The number of amides is 1. The van der Waals surface area contributed by atoms with Gasteiger partial charge in [-0.3, -0.25) is 14.9 Å². The van der Waals surface area contributed by atoms with Crippen LogP contribution in [0.1, 0.15) is 42.6 Å². The molecular formula is C13H18N2O3. The monoisotopic (exact) mass is 250 g/mol. The molecule has 18 heavy (non-hydrogen) atoms. The first-order valence-corrected chi connectivity index (χ1v) is 6.02. The van der Waals surface area contributed by atoms with Crippen molar-refractivity contribution in [2.75, 3.05) is 0 Å². The molecule has 1 unspecified atom stereocenters. The average molecular weight is 250 g/mol. The van der Waals surface area contributed by atoms with Crippen LogP contribution in [0.5, 0.6) is 0 Å². The molecule has 1 rings (SSSR count). The zero-order valence-corrected chi connectivity index (χ0v) is 10.9. The second kappa shape index (κ2) is 6.14.